The summed E-state index contributed by atoms with van der Waals surface area (Å²) in [6, 6.07) is 5.60. The molecule has 0 unspecified atom stereocenters. The van der Waals surface area contributed by atoms with Gasteiger partial charge in [0.1, 0.15) is 12.1 Å². The maximum Gasteiger partial charge on any atom is 0.225 e. The molecule has 0 saturated heterocycles. The molecule has 1 N–H and O–H groups in total. The van der Waals surface area contributed by atoms with Crippen LogP contribution in [0.5, 0.6) is 0 Å². The number of anilines is 3. The number of aromatic nitrogens is 5. The second kappa shape index (κ2) is 9.06. The van der Waals surface area contributed by atoms with Crippen molar-refractivity contribution < 1.29 is 12.8 Å². The summed E-state index contributed by atoms with van der Waals surface area (Å²) < 4.78 is 39.7. The monoisotopic (exact) mass is 493 g/mol. The van der Waals surface area contributed by atoms with E-state index >= 15 is 0 Å². The zero-order valence-corrected chi connectivity index (χ0v) is 20.1. The van der Waals surface area contributed by atoms with Gasteiger partial charge in [0.15, 0.2) is 9.84 Å². The average Bonchev–Trinajstić information content (AvgIpc) is 3.30. The average molecular weight is 494 g/mol. The Balaban J connectivity index is 1.39. The van der Waals surface area contributed by atoms with Crippen molar-refractivity contribution in [3.05, 3.63) is 72.3 Å². The molecule has 3 aromatic heterocycles. The highest BCUT2D eigenvalue weighted by molar-refractivity contribution is 7.90. The molecule has 0 radical (unpaired) electrons. The summed E-state index contributed by atoms with van der Waals surface area (Å²) in [5, 5.41) is 2.95. The molecule has 4 aromatic rings. The van der Waals surface area contributed by atoms with E-state index in [0.717, 1.165) is 54.1 Å². The topological polar surface area (TPSA) is 105 Å². The van der Waals surface area contributed by atoms with Crippen LogP contribution < -0.4 is 10.2 Å². The third kappa shape index (κ3) is 4.59. The first-order chi connectivity index (χ1) is 16.8. The molecule has 0 amide bonds. The van der Waals surface area contributed by atoms with Crippen molar-refractivity contribution >= 4 is 38.5 Å². The van der Waals surface area contributed by atoms with Gasteiger partial charge < -0.3 is 10.2 Å². The molecule has 0 fully saturated rings. The molecule has 0 spiro atoms. The van der Waals surface area contributed by atoms with Gasteiger partial charge in [0.25, 0.3) is 0 Å². The molecule has 9 nitrogen and oxygen atoms in total. The number of halogens is 1. The van der Waals surface area contributed by atoms with Crippen molar-refractivity contribution in [2.75, 3.05) is 29.6 Å². The summed E-state index contributed by atoms with van der Waals surface area (Å²) >= 11 is 0. The first kappa shape index (κ1) is 22.9. The van der Waals surface area contributed by atoms with Crippen LogP contribution in [-0.2, 0) is 16.3 Å². The Morgan fingerprint density at radius 1 is 1.11 bits per heavy atom. The molecule has 1 aliphatic rings. The summed E-state index contributed by atoms with van der Waals surface area (Å²) in [6.07, 6.45) is 11.8. The van der Waals surface area contributed by atoms with Crippen LogP contribution in [0, 0.1) is 5.82 Å². The quantitative estimate of drug-likeness (QED) is 0.434. The van der Waals surface area contributed by atoms with Gasteiger partial charge >= 0.3 is 0 Å². The second-order valence-corrected chi connectivity index (χ2v) is 10.3. The molecule has 4 heterocycles. The third-order valence-electron chi connectivity index (χ3n) is 5.97. The third-order valence-corrected chi connectivity index (χ3v) is 7.08. The lowest BCUT2D eigenvalue weighted by Crippen LogP contribution is -2.29. The summed E-state index contributed by atoms with van der Waals surface area (Å²) in [6.45, 7) is 3.52. The number of nitrogens with one attached hydrogen (secondary N) is 1. The normalized spacial score (nSPS) is 14.3. The van der Waals surface area contributed by atoms with Gasteiger partial charge in [-0.15, -0.1) is 0 Å². The van der Waals surface area contributed by atoms with Gasteiger partial charge in [-0.05, 0) is 48.2 Å². The van der Waals surface area contributed by atoms with E-state index < -0.39 is 15.7 Å². The first-order valence-electron chi connectivity index (χ1n) is 11.2. The number of nitrogens with zero attached hydrogens (tertiary/aromatic N) is 6. The molecular weight excluding hydrogens is 469 g/mol. The van der Waals surface area contributed by atoms with Crippen molar-refractivity contribution in [3.63, 3.8) is 0 Å². The fourth-order valence-electron chi connectivity index (χ4n) is 3.97. The standard InChI is InChI=1S/C24H24FN7O2S/c1-3-16-13-27-23(28-14-16)31-10-7-17(8-11-31)22-21-6-9-26-24(32(21)15-29-22)30-20-5-4-18(12-19(20)25)35(2,33)34/h4-7,9,12-15H,3,8,10-11H2,1-2H3,(H,26,30). The van der Waals surface area contributed by atoms with Crippen LogP contribution in [0.25, 0.3) is 11.1 Å². The Bertz CT molecular complexity index is 1530. The van der Waals surface area contributed by atoms with Gasteiger partial charge in [-0.3, -0.25) is 4.40 Å². The molecule has 0 aliphatic carbocycles. The van der Waals surface area contributed by atoms with Gasteiger partial charge in [0, 0.05) is 37.9 Å². The lowest BCUT2D eigenvalue weighted by Gasteiger charge is -2.26. The van der Waals surface area contributed by atoms with Crippen molar-refractivity contribution in [1.29, 1.82) is 0 Å². The number of sulfone groups is 1. The van der Waals surface area contributed by atoms with E-state index in [0.29, 0.717) is 18.4 Å². The van der Waals surface area contributed by atoms with Crippen LogP contribution in [0.3, 0.4) is 0 Å². The summed E-state index contributed by atoms with van der Waals surface area (Å²) in [5.41, 5.74) is 4.00. The van der Waals surface area contributed by atoms with Crippen LogP contribution in [0.4, 0.5) is 22.0 Å². The molecule has 0 atom stereocenters. The molecule has 1 aromatic carbocycles. The molecule has 5 rings (SSSR count). The lowest BCUT2D eigenvalue weighted by atomic mass is 10.0. The number of rotatable bonds is 6. The van der Waals surface area contributed by atoms with Gasteiger partial charge in [-0.25, -0.2) is 32.7 Å². The maximum absolute atomic E-state index is 14.6. The van der Waals surface area contributed by atoms with E-state index in [1.165, 1.54) is 12.1 Å². The Hall–Kier alpha value is -3.86. The van der Waals surface area contributed by atoms with Crippen LogP contribution in [0.2, 0.25) is 0 Å². The molecular formula is C24H24FN7O2S. The van der Waals surface area contributed by atoms with E-state index in [1.54, 1.807) is 16.9 Å². The maximum atomic E-state index is 14.6. The predicted molar refractivity (Wildman–Crippen MR) is 132 cm³/mol. The van der Waals surface area contributed by atoms with E-state index in [1.807, 2.05) is 18.5 Å². The second-order valence-electron chi connectivity index (χ2n) is 8.33. The largest absolute Gasteiger partial charge is 0.337 e. The van der Waals surface area contributed by atoms with Crippen LogP contribution >= 0.6 is 0 Å². The minimum atomic E-state index is -3.50. The van der Waals surface area contributed by atoms with Crippen molar-refractivity contribution in [1.82, 2.24) is 24.3 Å². The SMILES string of the molecule is CCc1cnc(N2CC=C(c3ncn4c(Nc5ccc(S(C)(=O)=O)cc5F)nccc34)CC2)nc1. The molecule has 1 aliphatic heterocycles. The molecule has 0 saturated carbocycles. The summed E-state index contributed by atoms with van der Waals surface area (Å²) in [7, 11) is -3.50. The Morgan fingerprint density at radius 3 is 2.57 bits per heavy atom. The highest BCUT2D eigenvalue weighted by Gasteiger charge is 2.19. The van der Waals surface area contributed by atoms with Crippen LogP contribution in [-0.4, -0.2) is 52.1 Å². The van der Waals surface area contributed by atoms with Crippen molar-refractivity contribution in [2.45, 2.75) is 24.7 Å². The van der Waals surface area contributed by atoms with Crippen molar-refractivity contribution in [2.24, 2.45) is 0 Å². The Morgan fingerprint density at radius 2 is 1.91 bits per heavy atom. The minimum Gasteiger partial charge on any atom is -0.337 e. The van der Waals surface area contributed by atoms with E-state index in [-0.39, 0.29) is 10.6 Å². The molecule has 35 heavy (non-hydrogen) atoms. The minimum absolute atomic E-state index is 0.0818. The van der Waals surface area contributed by atoms with Crippen LogP contribution in [0.15, 0.2) is 60.2 Å². The van der Waals surface area contributed by atoms with Crippen molar-refractivity contribution in [3.8, 4) is 0 Å². The van der Waals surface area contributed by atoms with E-state index in [4.69, 9.17) is 0 Å². The number of hydrogen-bond acceptors (Lipinski definition) is 8. The predicted octanol–water partition coefficient (Wildman–Crippen LogP) is 3.66. The summed E-state index contributed by atoms with van der Waals surface area (Å²) in [4.78, 5) is 19.9. The Kier molecular flexibility index (Phi) is 5.93. The number of aryl methyl sites for hydroxylation is 1. The number of fused-ring (bicyclic) bond motifs is 1. The fourth-order valence-corrected chi connectivity index (χ4v) is 4.61. The molecule has 11 heteroatoms. The Labute approximate surface area is 202 Å². The number of imidazole rings is 1. The zero-order chi connectivity index (χ0) is 24.6. The van der Waals surface area contributed by atoms with Gasteiger partial charge in [0.2, 0.25) is 11.9 Å². The first-order valence-corrected chi connectivity index (χ1v) is 13.1. The highest BCUT2D eigenvalue weighted by Crippen LogP contribution is 2.28. The smallest absolute Gasteiger partial charge is 0.225 e. The molecule has 0 bridgehead atoms. The number of benzene rings is 1. The van der Waals surface area contributed by atoms with E-state index in [9.17, 15) is 12.8 Å². The van der Waals surface area contributed by atoms with Gasteiger partial charge in [-0.2, -0.15) is 0 Å². The van der Waals surface area contributed by atoms with Crippen LogP contribution in [0.1, 0.15) is 24.6 Å². The molecule has 180 valence electrons. The van der Waals surface area contributed by atoms with Gasteiger partial charge in [0.05, 0.1) is 21.8 Å². The van der Waals surface area contributed by atoms with Gasteiger partial charge in [-0.1, -0.05) is 13.0 Å². The van der Waals surface area contributed by atoms with E-state index in [2.05, 4.69) is 43.2 Å². The lowest BCUT2D eigenvalue weighted by molar-refractivity contribution is 0.596. The number of hydrogen-bond donors (Lipinski definition) is 1. The zero-order valence-electron chi connectivity index (χ0n) is 19.3. The summed E-state index contributed by atoms with van der Waals surface area (Å²) in [5.74, 6) is 0.401. The highest BCUT2D eigenvalue weighted by atomic mass is 32.2. The fraction of sp³-hybridized carbons (Fsp3) is 0.250.